The van der Waals surface area contributed by atoms with Gasteiger partial charge in [0.1, 0.15) is 0 Å². The van der Waals surface area contributed by atoms with Gasteiger partial charge in [0.05, 0.1) is 6.10 Å². The summed E-state index contributed by atoms with van der Waals surface area (Å²) in [5.41, 5.74) is 1.98. The summed E-state index contributed by atoms with van der Waals surface area (Å²) in [4.78, 5) is 14.7. The number of likely N-dealkylation sites (N-methyl/N-ethyl adjacent to an activating group) is 1. The summed E-state index contributed by atoms with van der Waals surface area (Å²) in [6.45, 7) is 5.26. The third-order valence-corrected chi connectivity index (χ3v) is 4.02. The monoisotopic (exact) mass is 290 g/mol. The summed E-state index contributed by atoms with van der Waals surface area (Å²) in [5, 5.41) is 3.14. The van der Waals surface area contributed by atoms with Crippen LogP contribution in [-0.2, 0) is 11.2 Å². The van der Waals surface area contributed by atoms with E-state index >= 15 is 0 Å². The number of benzene rings is 1. The van der Waals surface area contributed by atoms with E-state index in [2.05, 4.69) is 11.4 Å². The Morgan fingerprint density at radius 3 is 2.71 bits per heavy atom. The van der Waals surface area contributed by atoms with Crippen molar-refractivity contribution in [3.05, 3.63) is 35.4 Å². The first kappa shape index (κ1) is 16.0. The van der Waals surface area contributed by atoms with Gasteiger partial charge >= 0.3 is 0 Å². The van der Waals surface area contributed by atoms with E-state index in [1.807, 2.05) is 37.1 Å². The van der Waals surface area contributed by atoms with Crippen LogP contribution in [0.15, 0.2) is 24.3 Å². The van der Waals surface area contributed by atoms with Gasteiger partial charge in [-0.3, -0.25) is 4.79 Å². The molecule has 21 heavy (non-hydrogen) atoms. The molecule has 0 spiro atoms. The quantitative estimate of drug-likeness (QED) is 0.872. The predicted octanol–water partition coefficient (Wildman–Crippen LogP) is 2.09. The molecule has 0 radical (unpaired) electrons. The van der Waals surface area contributed by atoms with Crippen LogP contribution in [0.25, 0.3) is 0 Å². The standard InChI is InChI=1S/C17H26N2O2/c1-3-21-15-9-12-19(13-10-15)17(20)16-7-5-4-6-14(16)8-11-18-2/h4-7,15,18H,3,8-13H2,1-2H3. The highest BCUT2D eigenvalue weighted by atomic mass is 16.5. The van der Waals surface area contributed by atoms with E-state index < -0.39 is 0 Å². The lowest BCUT2D eigenvalue weighted by Crippen LogP contribution is -2.41. The van der Waals surface area contributed by atoms with E-state index in [1.165, 1.54) is 0 Å². The largest absolute Gasteiger partial charge is 0.378 e. The van der Waals surface area contributed by atoms with Crippen LogP contribution in [-0.4, -0.2) is 50.2 Å². The second-order valence-electron chi connectivity index (χ2n) is 5.46. The first-order valence-corrected chi connectivity index (χ1v) is 7.89. The van der Waals surface area contributed by atoms with Crippen LogP contribution in [0, 0.1) is 0 Å². The Balaban J connectivity index is 2.00. The molecular weight excluding hydrogens is 264 g/mol. The lowest BCUT2D eigenvalue weighted by Gasteiger charge is -2.32. The van der Waals surface area contributed by atoms with Gasteiger partial charge < -0.3 is 15.0 Å². The first-order valence-electron chi connectivity index (χ1n) is 7.89. The number of rotatable bonds is 6. The molecule has 0 aromatic heterocycles. The zero-order valence-corrected chi connectivity index (χ0v) is 13.1. The highest BCUT2D eigenvalue weighted by Crippen LogP contribution is 2.18. The normalized spacial score (nSPS) is 16.2. The van der Waals surface area contributed by atoms with E-state index in [9.17, 15) is 4.79 Å². The van der Waals surface area contributed by atoms with Crippen LogP contribution < -0.4 is 5.32 Å². The molecule has 0 aliphatic carbocycles. The predicted molar refractivity (Wildman–Crippen MR) is 84.6 cm³/mol. The van der Waals surface area contributed by atoms with Gasteiger partial charge in [-0.15, -0.1) is 0 Å². The van der Waals surface area contributed by atoms with Gasteiger partial charge in [0.25, 0.3) is 5.91 Å². The maximum absolute atomic E-state index is 12.7. The van der Waals surface area contributed by atoms with Gasteiger partial charge in [-0.1, -0.05) is 18.2 Å². The highest BCUT2D eigenvalue weighted by molar-refractivity contribution is 5.95. The summed E-state index contributed by atoms with van der Waals surface area (Å²) in [6.07, 6.45) is 3.09. The maximum atomic E-state index is 12.7. The molecule has 2 rings (SSSR count). The number of ether oxygens (including phenoxy) is 1. The van der Waals surface area contributed by atoms with Crippen molar-refractivity contribution in [1.82, 2.24) is 10.2 Å². The second kappa shape index (κ2) is 8.15. The fourth-order valence-corrected chi connectivity index (χ4v) is 2.84. The van der Waals surface area contributed by atoms with Crippen LogP contribution in [0.3, 0.4) is 0 Å². The summed E-state index contributed by atoms with van der Waals surface area (Å²) in [5.74, 6) is 0.164. The molecule has 0 unspecified atom stereocenters. The molecule has 1 aliphatic rings. The second-order valence-corrected chi connectivity index (χ2v) is 5.46. The molecule has 1 fully saturated rings. The van der Waals surface area contributed by atoms with Crippen LogP contribution >= 0.6 is 0 Å². The smallest absolute Gasteiger partial charge is 0.254 e. The van der Waals surface area contributed by atoms with E-state index in [-0.39, 0.29) is 5.91 Å². The van der Waals surface area contributed by atoms with Crippen LogP contribution in [0.1, 0.15) is 35.7 Å². The van der Waals surface area contributed by atoms with Gasteiger partial charge in [0, 0.05) is 25.3 Å². The number of hydrogen-bond donors (Lipinski definition) is 1. The number of hydrogen-bond acceptors (Lipinski definition) is 3. The van der Waals surface area contributed by atoms with Gasteiger partial charge in [-0.25, -0.2) is 0 Å². The van der Waals surface area contributed by atoms with Gasteiger partial charge in [-0.2, -0.15) is 0 Å². The zero-order chi connectivity index (χ0) is 15.1. The molecule has 1 heterocycles. The number of piperidine rings is 1. The van der Waals surface area contributed by atoms with Crippen molar-refractivity contribution in [2.45, 2.75) is 32.3 Å². The fraction of sp³-hybridized carbons (Fsp3) is 0.588. The summed E-state index contributed by atoms with van der Waals surface area (Å²) in [6, 6.07) is 7.95. The molecule has 1 amide bonds. The van der Waals surface area contributed by atoms with Crippen molar-refractivity contribution in [3.8, 4) is 0 Å². The maximum Gasteiger partial charge on any atom is 0.254 e. The van der Waals surface area contributed by atoms with Crippen molar-refractivity contribution >= 4 is 5.91 Å². The van der Waals surface area contributed by atoms with Crippen molar-refractivity contribution in [1.29, 1.82) is 0 Å². The number of likely N-dealkylation sites (tertiary alicyclic amines) is 1. The van der Waals surface area contributed by atoms with E-state index in [0.29, 0.717) is 6.10 Å². The summed E-state index contributed by atoms with van der Waals surface area (Å²) < 4.78 is 5.65. The third-order valence-electron chi connectivity index (χ3n) is 4.02. The molecule has 4 heteroatoms. The number of nitrogens with zero attached hydrogens (tertiary/aromatic N) is 1. The van der Waals surface area contributed by atoms with E-state index in [0.717, 1.165) is 56.6 Å². The number of carbonyl (C=O) groups is 1. The van der Waals surface area contributed by atoms with E-state index in [1.54, 1.807) is 0 Å². The molecule has 1 saturated heterocycles. The first-order chi connectivity index (χ1) is 10.3. The van der Waals surface area contributed by atoms with Crippen molar-refractivity contribution < 1.29 is 9.53 Å². The zero-order valence-electron chi connectivity index (χ0n) is 13.1. The Morgan fingerprint density at radius 1 is 1.33 bits per heavy atom. The average molecular weight is 290 g/mol. The molecular formula is C17H26N2O2. The van der Waals surface area contributed by atoms with Crippen molar-refractivity contribution in [3.63, 3.8) is 0 Å². The molecule has 0 saturated carbocycles. The Bertz CT molecular complexity index is 454. The minimum Gasteiger partial charge on any atom is -0.378 e. The minimum atomic E-state index is 0.164. The van der Waals surface area contributed by atoms with Crippen molar-refractivity contribution in [2.75, 3.05) is 33.3 Å². The topological polar surface area (TPSA) is 41.6 Å². The minimum absolute atomic E-state index is 0.164. The molecule has 1 aromatic rings. The molecule has 0 atom stereocenters. The summed E-state index contributed by atoms with van der Waals surface area (Å²) >= 11 is 0. The molecule has 4 nitrogen and oxygen atoms in total. The van der Waals surface area contributed by atoms with E-state index in [4.69, 9.17) is 4.74 Å². The number of nitrogens with one attached hydrogen (secondary N) is 1. The molecule has 0 bridgehead atoms. The van der Waals surface area contributed by atoms with Gasteiger partial charge in [-0.05, 0) is 51.4 Å². The Morgan fingerprint density at radius 2 is 2.05 bits per heavy atom. The fourth-order valence-electron chi connectivity index (χ4n) is 2.84. The van der Waals surface area contributed by atoms with Gasteiger partial charge in [0.15, 0.2) is 0 Å². The molecule has 1 N–H and O–H groups in total. The van der Waals surface area contributed by atoms with Crippen LogP contribution in [0.5, 0.6) is 0 Å². The Labute approximate surface area is 127 Å². The van der Waals surface area contributed by atoms with Crippen LogP contribution in [0.2, 0.25) is 0 Å². The van der Waals surface area contributed by atoms with Crippen molar-refractivity contribution in [2.24, 2.45) is 0 Å². The Kier molecular flexibility index (Phi) is 6.21. The SMILES string of the molecule is CCOC1CCN(C(=O)c2ccccc2CCNC)CC1. The third kappa shape index (κ3) is 4.29. The average Bonchev–Trinajstić information content (AvgIpc) is 2.53. The molecule has 1 aliphatic heterocycles. The molecule has 116 valence electrons. The summed E-state index contributed by atoms with van der Waals surface area (Å²) in [7, 11) is 1.93. The van der Waals surface area contributed by atoms with Crippen LogP contribution in [0.4, 0.5) is 0 Å². The lowest BCUT2D eigenvalue weighted by atomic mass is 10.0. The van der Waals surface area contributed by atoms with Gasteiger partial charge in [0.2, 0.25) is 0 Å². The number of carbonyl (C=O) groups excluding carboxylic acids is 1. The Hall–Kier alpha value is -1.39. The number of amides is 1. The lowest BCUT2D eigenvalue weighted by molar-refractivity contribution is 0.0145. The highest BCUT2D eigenvalue weighted by Gasteiger charge is 2.24. The molecule has 1 aromatic carbocycles.